The molecule has 0 fully saturated rings. The molecule has 1 unspecified atom stereocenters. The standard InChI is InChI=1S/C19H15NO/c21-13-19(10-4-1-5-11-19)14-8-9-16-15-6-2-3-7-17(15)20-18(16)12-14/h1-10,12-13,20H,11H2. The summed E-state index contributed by atoms with van der Waals surface area (Å²) in [5.41, 5.74) is 2.72. The molecule has 2 heteroatoms. The van der Waals surface area contributed by atoms with Crippen LogP contribution in [0.5, 0.6) is 0 Å². The summed E-state index contributed by atoms with van der Waals surface area (Å²) >= 11 is 0. The molecule has 102 valence electrons. The lowest BCUT2D eigenvalue weighted by Gasteiger charge is -2.25. The summed E-state index contributed by atoms with van der Waals surface area (Å²) in [7, 11) is 0. The Kier molecular flexibility index (Phi) is 2.58. The number of carbonyl (C=O) groups is 1. The Morgan fingerprint density at radius 2 is 1.86 bits per heavy atom. The molecule has 21 heavy (non-hydrogen) atoms. The van der Waals surface area contributed by atoms with E-state index in [4.69, 9.17) is 0 Å². The van der Waals surface area contributed by atoms with E-state index in [1.807, 2.05) is 36.4 Å². The molecule has 1 N–H and O–H groups in total. The molecule has 1 atom stereocenters. The quantitative estimate of drug-likeness (QED) is 0.695. The predicted molar refractivity (Wildman–Crippen MR) is 86.4 cm³/mol. The van der Waals surface area contributed by atoms with Crippen molar-refractivity contribution >= 4 is 28.1 Å². The molecule has 1 heterocycles. The molecule has 3 aromatic rings. The lowest BCUT2D eigenvalue weighted by atomic mass is 9.76. The molecule has 0 saturated carbocycles. The molecule has 1 aromatic heterocycles. The van der Waals surface area contributed by atoms with Gasteiger partial charge in [0.15, 0.2) is 0 Å². The number of carbonyl (C=O) groups excluding carboxylic acids is 1. The summed E-state index contributed by atoms with van der Waals surface area (Å²) in [5, 5.41) is 2.42. The fourth-order valence-electron chi connectivity index (χ4n) is 3.15. The zero-order valence-electron chi connectivity index (χ0n) is 11.5. The number of H-pyrrole nitrogens is 1. The van der Waals surface area contributed by atoms with Crippen LogP contribution in [0.4, 0.5) is 0 Å². The van der Waals surface area contributed by atoms with Crippen LogP contribution in [-0.4, -0.2) is 11.3 Å². The van der Waals surface area contributed by atoms with Gasteiger partial charge in [-0.3, -0.25) is 0 Å². The van der Waals surface area contributed by atoms with Gasteiger partial charge in [-0.05, 0) is 24.1 Å². The third-order valence-corrected chi connectivity index (χ3v) is 4.35. The molecule has 0 saturated heterocycles. The number of allylic oxidation sites excluding steroid dienone is 4. The summed E-state index contributed by atoms with van der Waals surface area (Å²) in [6.07, 6.45) is 9.75. The maximum Gasteiger partial charge on any atom is 0.134 e. The van der Waals surface area contributed by atoms with E-state index in [9.17, 15) is 4.79 Å². The van der Waals surface area contributed by atoms with Crippen LogP contribution in [-0.2, 0) is 10.2 Å². The van der Waals surface area contributed by atoms with Crippen LogP contribution in [0.2, 0.25) is 0 Å². The van der Waals surface area contributed by atoms with Crippen LogP contribution in [0, 0.1) is 0 Å². The number of benzene rings is 2. The number of para-hydroxylation sites is 1. The van der Waals surface area contributed by atoms with Gasteiger partial charge in [-0.1, -0.05) is 54.6 Å². The van der Waals surface area contributed by atoms with Gasteiger partial charge in [-0.15, -0.1) is 0 Å². The Morgan fingerprint density at radius 1 is 1.00 bits per heavy atom. The first-order valence-corrected chi connectivity index (χ1v) is 7.14. The van der Waals surface area contributed by atoms with Gasteiger partial charge in [0.25, 0.3) is 0 Å². The van der Waals surface area contributed by atoms with Gasteiger partial charge in [-0.2, -0.15) is 0 Å². The van der Waals surface area contributed by atoms with Crippen molar-refractivity contribution in [3.05, 3.63) is 72.3 Å². The highest BCUT2D eigenvalue weighted by atomic mass is 16.1. The van der Waals surface area contributed by atoms with E-state index in [0.29, 0.717) is 0 Å². The molecule has 0 spiro atoms. The van der Waals surface area contributed by atoms with Crippen LogP contribution in [0.1, 0.15) is 12.0 Å². The van der Waals surface area contributed by atoms with Crippen LogP contribution >= 0.6 is 0 Å². The molecule has 4 rings (SSSR count). The van der Waals surface area contributed by atoms with Gasteiger partial charge in [-0.25, -0.2) is 0 Å². The first kappa shape index (κ1) is 12.2. The molecular weight excluding hydrogens is 258 g/mol. The second-order valence-electron chi connectivity index (χ2n) is 5.58. The fraction of sp³-hybridized carbons (Fsp3) is 0.105. The maximum absolute atomic E-state index is 11.7. The Hall–Kier alpha value is -2.61. The van der Waals surface area contributed by atoms with Crippen molar-refractivity contribution in [3.8, 4) is 0 Å². The number of fused-ring (bicyclic) bond motifs is 3. The normalized spacial score (nSPS) is 21.1. The number of aromatic amines is 1. The largest absolute Gasteiger partial charge is 0.355 e. The molecule has 2 aromatic carbocycles. The highest BCUT2D eigenvalue weighted by Crippen LogP contribution is 2.34. The van der Waals surface area contributed by atoms with E-state index in [0.717, 1.165) is 29.3 Å². The highest BCUT2D eigenvalue weighted by Gasteiger charge is 2.29. The minimum Gasteiger partial charge on any atom is -0.355 e. The first-order chi connectivity index (χ1) is 10.3. The summed E-state index contributed by atoms with van der Waals surface area (Å²) in [6.45, 7) is 0. The van der Waals surface area contributed by atoms with E-state index < -0.39 is 5.41 Å². The smallest absolute Gasteiger partial charge is 0.134 e. The summed E-state index contributed by atoms with van der Waals surface area (Å²) in [5.74, 6) is 0. The molecule has 0 radical (unpaired) electrons. The van der Waals surface area contributed by atoms with Crippen molar-refractivity contribution in [2.75, 3.05) is 0 Å². The predicted octanol–water partition coefficient (Wildman–Crippen LogP) is 4.27. The number of nitrogens with one attached hydrogen (secondary N) is 1. The number of aldehydes is 1. The SMILES string of the molecule is O=CC1(c2ccc3c(c2)[nH]c2ccccc23)C=CC=CC1. The third-order valence-electron chi connectivity index (χ3n) is 4.35. The van der Waals surface area contributed by atoms with E-state index >= 15 is 0 Å². The Bertz CT molecular complexity index is 900. The van der Waals surface area contributed by atoms with Crippen molar-refractivity contribution < 1.29 is 4.79 Å². The van der Waals surface area contributed by atoms with E-state index in [1.54, 1.807) is 0 Å². The monoisotopic (exact) mass is 273 g/mol. The lowest BCUT2D eigenvalue weighted by Crippen LogP contribution is -2.25. The van der Waals surface area contributed by atoms with Gasteiger partial charge in [0.05, 0.1) is 5.41 Å². The number of rotatable bonds is 2. The lowest BCUT2D eigenvalue weighted by molar-refractivity contribution is -0.111. The second kappa shape index (κ2) is 4.45. The van der Waals surface area contributed by atoms with E-state index in [-0.39, 0.29) is 0 Å². The summed E-state index contributed by atoms with van der Waals surface area (Å²) < 4.78 is 0. The molecular formula is C19H15NO. The zero-order chi connectivity index (χ0) is 14.3. The van der Waals surface area contributed by atoms with Crippen molar-refractivity contribution in [3.63, 3.8) is 0 Å². The van der Waals surface area contributed by atoms with Crippen molar-refractivity contribution in [2.45, 2.75) is 11.8 Å². The number of hydrogen-bond acceptors (Lipinski definition) is 1. The van der Waals surface area contributed by atoms with Gasteiger partial charge >= 0.3 is 0 Å². The topological polar surface area (TPSA) is 32.9 Å². The molecule has 1 aliphatic carbocycles. The van der Waals surface area contributed by atoms with Gasteiger partial charge in [0.1, 0.15) is 6.29 Å². The molecule has 0 amide bonds. The zero-order valence-corrected chi connectivity index (χ0v) is 11.5. The van der Waals surface area contributed by atoms with Gasteiger partial charge in [0.2, 0.25) is 0 Å². The molecule has 1 aliphatic rings. The van der Waals surface area contributed by atoms with Gasteiger partial charge in [0, 0.05) is 21.8 Å². The first-order valence-electron chi connectivity index (χ1n) is 7.14. The maximum atomic E-state index is 11.7. The minimum atomic E-state index is -0.528. The van der Waals surface area contributed by atoms with Crippen LogP contribution in [0.3, 0.4) is 0 Å². The fourth-order valence-corrected chi connectivity index (χ4v) is 3.15. The van der Waals surface area contributed by atoms with Crippen molar-refractivity contribution in [1.29, 1.82) is 0 Å². The van der Waals surface area contributed by atoms with Crippen molar-refractivity contribution in [2.24, 2.45) is 0 Å². The van der Waals surface area contributed by atoms with Crippen LogP contribution in [0.15, 0.2) is 66.8 Å². The van der Waals surface area contributed by atoms with Crippen LogP contribution in [0.25, 0.3) is 21.8 Å². The summed E-state index contributed by atoms with van der Waals surface area (Å²) in [4.78, 5) is 15.1. The second-order valence-corrected chi connectivity index (χ2v) is 5.58. The molecule has 0 bridgehead atoms. The third kappa shape index (κ3) is 1.76. The Balaban J connectivity index is 1.95. The average molecular weight is 273 g/mol. The molecule has 0 aliphatic heterocycles. The average Bonchev–Trinajstić information content (AvgIpc) is 2.93. The highest BCUT2D eigenvalue weighted by molar-refractivity contribution is 6.07. The van der Waals surface area contributed by atoms with E-state index in [1.165, 1.54) is 10.8 Å². The van der Waals surface area contributed by atoms with E-state index in [2.05, 4.69) is 35.3 Å². The van der Waals surface area contributed by atoms with Crippen LogP contribution < -0.4 is 0 Å². The Labute approximate surface area is 122 Å². The minimum absolute atomic E-state index is 0.528. The number of aromatic nitrogens is 1. The number of hydrogen-bond donors (Lipinski definition) is 1. The van der Waals surface area contributed by atoms with Gasteiger partial charge < -0.3 is 9.78 Å². The Morgan fingerprint density at radius 3 is 2.67 bits per heavy atom. The molecule has 2 nitrogen and oxygen atoms in total. The van der Waals surface area contributed by atoms with Crippen molar-refractivity contribution in [1.82, 2.24) is 4.98 Å². The summed E-state index contributed by atoms with van der Waals surface area (Å²) in [6, 6.07) is 14.6.